The quantitative estimate of drug-likeness (QED) is 0.593. The summed E-state index contributed by atoms with van der Waals surface area (Å²) >= 11 is 0. The Morgan fingerprint density at radius 3 is 2.69 bits per heavy atom. The number of hydrogen-bond donors (Lipinski definition) is 1. The maximum Gasteiger partial charge on any atom is 0.254 e. The molecule has 0 unspecified atom stereocenters. The van der Waals surface area contributed by atoms with Gasteiger partial charge in [0.1, 0.15) is 0 Å². The van der Waals surface area contributed by atoms with Crippen LogP contribution in [-0.2, 0) is 12.8 Å². The van der Waals surface area contributed by atoms with Gasteiger partial charge in [0.25, 0.3) is 11.9 Å². The van der Waals surface area contributed by atoms with Crippen LogP contribution in [0.5, 0.6) is 0 Å². The lowest BCUT2D eigenvalue weighted by molar-refractivity contribution is 0.0948. The van der Waals surface area contributed by atoms with Crippen molar-refractivity contribution in [1.82, 2.24) is 30.0 Å². The largest absolute Gasteiger partial charge is 0.351 e. The summed E-state index contributed by atoms with van der Waals surface area (Å²) in [6.07, 6.45) is 7.70. The van der Waals surface area contributed by atoms with Gasteiger partial charge >= 0.3 is 0 Å². The van der Waals surface area contributed by atoms with Crippen molar-refractivity contribution in [2.45, 2.75) is 45.4 Å². The molecule has 1 fully saturated rings. The Kier molecular flexibility index (Phi) is 5.74. The van der Waals surface area contributed by atoms with Crippen LogP contribution in [0.15, 0.2) is 36.7 Å². The van der Waals surface area contributed by atoms with Gasteiger partial charge in [0.2, 0.25) is 0 Å². The standard InChI is InChI=1S/C25H30N6O/c1-3-30(4-2)14-13-26-24(32)21-16-28-31(23(21)18-10-11-18)25-27-15-19-12-9-17-7-5-6-8-20(17)22(19)29-25/h5-8,15-16,18H,3-4,9-14H2,1-2H3,(H,26,32). The first kappa shape index (κ1) is 20.8. The van der Waals surface area contributed by atoms with Crippen molar-refractivity contribution in [3.63, 3.8) is 0 Å². The van der Waals surface area contributed by atoms with E-state index in [0.717, 1.165) is 56.7 Å². The van der Waals surface area contributed by atoms with E-state index >= 15 is 0 Å². The van der Waals surface area contributed by atoms with Crippen LogP contribution in [0, 0.1) is 0 Å². The number of hydrogen-bond acceptors (Lipinski definition) is 5. The fourth-order valence-electron chi connectivity index (χ4n) is 4.56. The number of nitrogens with zero attached hydrogens (tertiary/aromatic N) is 5. The monoisotopic (exact) mass is 430 g/mol. The third-order valence-corrected chi connectivity index (χ3v) is 6.60. The predicted octanol–water partition coefficient (Wildman–Crippen LogP) is 3.38. The Morgan fingerprint density at radius 1 is 1.12 bits per heavy atom. The Bertz CT molecular complexity index is 1130. The van der Waals surface area contributed by atoms with E-state index in [9.17, 15) is 4.79 Å². The second-order valence-electron chi connectivity index (χ2n) is 8.61. The molecule has 2 heterocycles. The summed E-state index contributed by atoms with van der Waals surface area (Å²) in [7, 11) is 0. The van der Waals surface area contributed by atoms with Gasteiger partial charge in [0, 0.05) is 30.8 Å². The lowest BCUT2D eigenvalue weighted by Crippen LogP contribution is -2.35. The van der Waals surface area contributed by atoms with Crippen LogP contribution in [0.25, 0.3) is 17.2 Å². The molecule has 2 aliphatic rings. The first-order valence-corrected chi connectivity index (χ1v) is 11.7. The van der Waals surface area contributed by atoms with Crippen LogP contribution >= 0.6 is 0 Å². The van der Waals surface area contributed by atoms with Crippen LogP contribution in [0.2, 0.25) is 0 Å². The van der Waals surface area contributed by atoms with E-state index in [0.29, 0.717) is 24.0 Å². The number of nitrogens with one attached hydrogen (secondary N) is 1. The Morgan fingerprint density at radius 2 is 1.91 bits per heavy atom. The number of amides is 1. The number of benzene rings is 1. The summed E-state index contributed by atoms with van der Waals surface area (Å²) < 4.78 is 1.79. The normalized spacial score (nSPS) is 14.8. The van der Waals surface area contributed by atoms with Crippen molar-refractivity contribution in [1.29, 1.82) is 0 Å². The van der Waals surface area contributed by atoms with Crippen LogP contribution in [0.3, 0.4) is 0 Å². The van der Waals surface area contributed by atoms with Gasteiger partial charge in [0.15, 0.2) is 0 Å². The highest BCUT2D eigenvalue weighted by Gasteiger charge is 2.34. The van der Waals surface area contributed by atoms with Gasteiger partial charge in [-0.25, -0.2) is 14.6 Å². The molecule has 2 aliphatic carbocycles. The minimum Gasteiger partial charge on any atom is -0.351 e. The van der Waals surface area contributed by atoms with E-state index < -0.39 is 0 Å². The molecular formula is C25H30N6O. The summed E-state index contributed by atoms with van der Waals surface area (Å²) in [4.78, 5) is 24.8. The highest BCUT2D eigenvalue weighted by molar-refractivity contribution is 5.95. The van der Waals surface area contributed by atoms with Crippen molar-refractivity contribution in [2.24, 2.45) is 0 Å². The summed E-state index contributed by atoms with van der Waals surface area (Å²) in [5.74, 6) is 0.825. The average molecular weight is 431 g/mol. The zero-order chi connectivity index (χ0) is 22.1. The van der Waals surface area contributed by atoms with Crippen LogP contribution in [0.1, 0.15) is 59.8 Å². The van der Waals surface area contributed by atoms with Gasteiger partial charge in [0.05, 0.1) is 23.1 Å². The smallest absolute Gasteiger partial charge is 0.254 e. The lowest BCUT2D eigenvalue weighted by Gasteiger charge is -2.19. The van der Waals surface area contributed by atoms with Gasteiger partial charge in [-0.2, -0.15) is 5.10 Å². The van der Waals surface area contributed by atoms with E-state index in [1.54, 1.807) is 10.9 Å². The van der Waals surface area contributed by atoms with Crippen LogP contribution in [0.4, 0.5) is 0 Å². The molecule has 1 amide bonds. The van der Waals surface area contributed by atoms with Crippen molar-refractivity contribution >= 4 is 5.91 Å². The third kappa shape index (κ3) is 3.93. The average Bonchev–Trinajstić information content (AvgIpc) is 3.58. The highest BCUT2D eigenvalue weighted by Crippen LogP contribution is 2.42. The van der Waals surface area contributed by atoms with Gasteiger partial charge < -0.3 is 10.2 Å². The number of fused-ring (bicyclic) bond motifs is 3. The van der Waals surface area contributed by atoms with Gasteiger partial charge in [-0.1, -0.05) is 38.1 Å². The van der Waals surface area contributed by atoms with Gasteiger partial charge in [-0.3, -0.25) is 4.79 Å². The minimum absolute atomic E-state index is 0.0615. The van der Waals surface area contributed by atoms with Crippen molar-refractivity contribution in [2.75, 3.05) is 26.2 Å². The van der Waals surface area contributed by atoms with Crippen LogP contribution in [-0.4, -0.2) is 56.7 Å². The fourth-order valence-corrected chi connectivity index (χ4v) is 4.56. The maximum absolute atomic E-state index is 13.0. The minimum atomic E-state index is -0.0615. The first-order chi connectivity index (χ1) is 15.7. The Labute approximate surface area is 188 Å². The summed E-state index contributed by atoms with van der Waals surface area (Å²) in [5, 5.41) is 7.64. The Balaban J connectivity index is 1.43. The molecule has 0 bridgehead atoms. The molecule has 0 atom stereocenters. The summed E-state index contributed by atoms with van der Waals surface area (Å²) in [5.41, 5.74) is 6.23. The molecule has 5 rings (SSSR count). The predicted molar refractivity (Wildman–Crippen MR) is 124 cm³/mol. The summed E-state index contributed by atoms with van der Waals surface area (Å²) in [6.45, 7) is 7.71. The van der Waals surface area contributed by atoms with Gasteiger partial charge in [-0.05, 0) is 49.9 Å². The molecule has 7 nitrogen and oxygen atoms in total. The zero-order valence-corrected chi connectivity index (χ0v) is 18.8. The molecule has 32 heavy (non-hydrogen) atoms. The van der Waals surface area contributed by atoms with Crippen LogP contribution < -0.4 is 5.32 Å². The molecule has 3 aromatic rings. The Hall–Kier alpha value is -3.06. The number of carbonyl (C=O) groups excluding carboxylic acids is 1. The molecular weight excluding hydrogens is 400 g/mol. The molecule has 166 valence electrons. The number of aromatic nitrogens is 4. The van der Waals surface area contributed by atoms with Crippen molar-refractivity contribution in [3.05, 3.63) is 59.0 Å². The molecule has 1 aromatic carbocycles. The number of aryl methyl sites for hydroxylation is 2. The molecule has 0 spiro atoms. The van der Waals surface area contributed by atoms with Gasteiger partial charge in [-0.15, -0.1) is 0 Å². The molecule has 0 saturated heterocycles. The number of likely N-dealkylation sites (N-methyl/N-ethyl adjacent to an activating group) is 1. The molecule has 7 heteroatoms. The topological polar surface area (TPSA) is 75.9 Å². The van der Waals surface area contributed by atoms with E-state index in [4.69, 9.17) is 4.98 Å². The number of rotatable bonds is 8. The highest BCUT2D eigenvalue weighted by atomic mass is 16.1. The number of carbonyl (C=O) groups is 1. The van der Waals surface area contributed by atoms with Crippen molar-refractivity contribution in [3.8, 4) is 17.2 Å². The van der Waals surface area contributed by atoms with E-state index in [-0.39, 0.29) is 5.91 Å². The van der Waals surface area contributed by atoms with E-state index in [1.165, 1.54) is 16.7 Å². The van der Waals surface area contributed by atoms with Crippen molar-refractivity contribution < 1.29 is 4.79 Å². The third-order valence-electron chi connectivity index (χ3n) is 6.60. The zero-order valence-electron chi connectivity index (χ0n) is 18.8. The summed E-state index contributed by atoms with van der Waals surface area (Å²) in [6, 6.07) is 8.43. The fraction of sp³-hybridized carbons (Fsp3) is 0.440. The molecule has 0 radical (unpaired) electrons. The first-order valence-electron chi connectivity index (χ1n) is 11.7. The molecule has 1 N–H and O–H groups in total. The molecule has 0 aliphatic heterocycles. The van der Waals surface area contributed by atoms with E-state index in [1.807, 2.05) is 6.20 Å². The second-order valence-corrected chi connectivity index (χ2v) is 8.61. The lowest BCUT2D eigenvalue weighted by atomic mass is 9.90. The van der Waals surface area contributed by atoms with E-state index in [2.05, 4.69) is 58.4 Å². The second kappa shape index (κ2) is 8.82. The maximum atomic E-state index is 13.0. The molecule has 1 saturated carbocycles. The SMILES string of the molecule is CCN(CC)CCNC(=O)c1cnn(-c2ncc3c(n2)-c2ccccc2CC3)c1C1CC1. The molecule has 2 aromatic heterocycles.